The molecule has 0 saturated carbocycles. The van der Waals surface area contributed by atoms with Gasteiger partial charge in [-0.25, -0.2) is 9.59 Å². The number of anilines is 1. The molecule has 144 valence electrons. The minimum Gasteiger partial charge on any atom is -0.447 e. The van der Waals surface area contributed by atoms with Gasteiger partial charge in [0.05, 0.1) is 6.54 Å². The summed E-state index contributed by atoms with van der Waals surface area (Å²) in [6.45, 7) is 2.77. The van der Waals surface area contributed by atoms with Crippen LogP contribution in [0.2, 0.25) is 5.02 Å². The maximum atomic E-state index is 12.1. The zero-order valence-corrected chi connectivity index (χ0v) is 16.3. The number of nitrogens with one attached hydrogen (secondary N) is 2. The maximum absolute atomic E-state index is 12.1. The van der Waals surface area contributed by atoms with E-state index in [2.05, 4.69) is 17.6 Å². The van der Waals surface area contributed by atoms with Crippen molar-refractivity contribution >= 4 is 29.4 Å². The van der Waals surface area contributed by atoms with Crippen molar-refractivity contribution < 1.29 is 14.3 Å². The van der Waals surface area contributed by atoms with E-state index in [0.717, 1.165) is 12.0 Å². The highest BCUT2D eigenvalue weighted by Crippen LogP contribution is 2.14. The lowest BCUT2D eigenvalue weighted by molar-refractivity contribution is 0.146. The van der Waals surface area contributed by atoms with Gasteiger partial charge in [-0.2, -0.15) is 0 Å². The first-order valence-corrected chi connectivity index (χ1v) is 9.12. The molecular formula is C20H24ClN3O3. The second-order valence-electron chi connectivity index (χ2n) is 5.98. The summed E-state index contributed by atoms with van der Waals surface area (Å²) in [7, 11) is 1.63. The number of carbonyl (C=O) groups excluding carboxylic acids is 2. The molecule has 0 spiro atoms. The van der Waals surface area contributed by atoms with Crippen LogP contribution in [0.1, 0.15) is 18.1 Å². The van der Waals surface area contributed by atoms with E-state index < -0.39 is 6.09 Å². The highest BCUT2D eigenvalue weighted by molar-refractivity contribution is 6.31. The number of nitrogens with zero attached hydrogens (tertiary/aromatic N) is 1. The molecule has 0 aliphatic heterocycles. The van der Waals surface area contributed by atoms with Crippen LogP contribution in [-0.2, 0) is 17.7 Å². The van der Waals surface area contributed by atoms with Gasteiger partial charge in [-0.1, -0.05) is 48.9 Å². The van der Waals surface area contributed by atoms with Gasteiger partial charge in [0.1, 0.15) is 6.61 Å². The van der Waals surface area contributed by atoms with Crippen LogP contribution in [0.5, 0.6) is 0 Å². The Morgan fingerprint density at radius 1 is 1.11 bits per heavy atom. The number of amides is 3. The van der Waals surface area contributed by atoms with Crippen LogP contribution in [0.4, 0.5) is 15.3 Å². The predicted molar refractivity (Wildman–Crippen MR) is 107 cm³/mol. The van der Waals surface area contributed by atoms with Crippen molar-refractivity contribution in [2.45, 2.75) is 19.9 Å². The second-order valence-corrected chi connectivity index (χ2v) is 6.39. The largest absolute Gasteiger partial charge is 0.447 e. The quantitative estimate of drug-likeness (QED) is 0.741. The molecule has 0 aliphatic carbocycles. The lowest BCUT2D eigenvalue weighted by atomic mass is 10.1. The summed E-state index contributed by atoms with van der Waals surface area (Å²) in [5, 5.41) is 6.03. The SMILES string of the molecule is CCc1ccc(NC(=O)OCCN(C)C(=O)NCc2ccccc2Cl)cc1. The third-order valence-electron chi connectivity index (χ3n) is 4.00. The second kappa shape index (κ2) is 10.4. The zero-order valence-electron chi connectivity index (χ0n) is 15.5. The van der Waals surface area contributed by atoms with E-state index in [-0.39, 0.29) is 19.2 Å². The summed E-state index contributed by atoms with van der Waals surface area (Å²) in [4.78, 5) is 25.3. The molecule has 0 unspecified atom stereocenters. The Bertz CT molecular complexity index is 765. The summed E-state index contributed by atoms with van der Waals surface area (Å²) in [5.74, 6) is 0. The molecule has 0 radical (unpaired) electrons. The van der Waals surface area contributed by atoms with Crippen LogP contribution in [0.25, 0.3) is 0 Å². The third kappa shape index (κ3) is 6.83. The van der Waals surface area contributed by atoms with Crippen LogP contribution >= 0.6 is 11.6 Å². The Labute approximate surface area is 164 Å². The number of urea groups is 1. The van der Waals surface area contributed by atoms with E-state index in [1.807, 2.05) is 42.5 Å². The van der Waals surface area contributed by atoms with Gasteiger partial charge in [0, 0.05) is 24.3 Å². The number of hydrogen-bond acceptors (Lipinski definition) is 3. The summed E-state index contributed by atoms with van der Waals surface area (Å²) in [6.07, 6.45) is 0.388. The Hall–Kier alpha value is -2.73. The van der Waals surface area contributed by atoms with Gasteiger partial charge in [0.25, 0.3) is 0 Å². The molecule has 0 aromatic heterocycles. The normalized spacial score (nSPS) is 10.2. The monoisotopic (exact) mass is 389 g/mol. The van der Waals surface area contributed by atoms with Crippen LogP contribution in [0.3, 0.4) is 0 Å². The molecular weight excluding hydrogens is 366 g/mol. The average Bonchev–Trinajstić information content (AvgIpc) is 2.67. The lowest BCUT2D eigenvalue weighted by Crippen LogP contribution is -2.39. The number of ether oxygens (including phenoxy) is 1. The highest BCUT2D eigenvalue weighted by atomic mass is 35.5. The van der Waals surface area contributed by atoms with Crippen molar-refractivity contribution in [3.8, 4) is 0 Å². The van der Waals surface area contributed by atoms with Crippen LogP contribution in [0, 0.1) is 0 Å². The van der Waals surface area contributed by atoms with E-state index in [4.69, 9.17) is 16.3 Å². The zero-order chi connectivity index (χ0) is 19.6. The number of rotatable bonds is 7. The lowest BCUT2D eigenvalue weighted by Gasteiger charge is -2.18. The fourth-order valence-electron chi connectivity index (χ4n) is 2.30. The first-order valence-electron chi connectivity index (χ1n) is 8.74. The number of benzene rings is 2. The number of aryl methyl sites for hydroxylation is 1. The molecule has 0 bridgehead atoms. The number of halogens is 1. The van der Waals surface area contributed by atoms with E-state index >= 15 is 0 Å². The number of likely N-dealkylation sites (N-methyl/N-ethyl adjacent to an activating group) is 1. The van der Waals surface area contributed by atoms with Crippen LogP contribution in [-0.4, -0.2) is 37.2 Å². The third-order valence-corrected chi connectivity index (χ3v) is 4.37. The molecule has 2 aromatic carbocycles. The van der Waals surface area contributed by atoms with E-state index in [1.54, 1.807) is 13.1 Å². The first kappa shape index (κ1) is 20.6. The van der Waals surface area contributed by atoms with Gasteiger partial charge in [0.15, 0.2) is 0 Å². The van der Waals surface area contributed by atoms with E-state index in [0.29, 0.717) is 17.3 Å². The van der Waals surface area contributed by atoms with Crippen molar-refractivity contribution in [1.82, 2.24) is 10.2 Å². The van der Waals surface area contributed by atoms with Gasteiger partial charge in [0.2, 0.25) is 0 Å². The van der Waals surface area contributed by atoms with Crippen molar-refractivity contribution in [3.05, 3.63) is 64.7 Å². The molecule has 3 amide bonds. The van der Waals surface area contributed by atoms with Crippen LogP contribution in [0.15, 0.2) is 48.5 Å². The molecule has 27 heavy (non-hydrogen) atoms. The smallest absolute Gasteiger partial charge is 0.411 e. The Morgan fingerprint density at radius 2 is 1.81 bits per heavy atom. The minimum absolute atomic E-state index is 0.0922. The Morgan fingerprint density at radius 3 is 2.48 bits per heavy atom. The fraction of sp³-hybridized carbons (Fsp3) is 0.300. The van der Waals surface area contributed by atoms with Crippen molar-refractivity contribution in [3.63, 3.8) is 0 Å². The summed E-state index contributed by atoms with van der Waals surface area (Å²) in [5.41, 5.74) is 2.70. The molecule has 2 N–H and O–H groups in total. The molecule has 2 rings (SSSR count). The Balaban J connectivity index is 1.68. The van der Waals surface area contributed by atoms with E-state index in [9.17, 15) is 9.59 Å². The van der Waals surface area contributed by atoms with Gasteiger partial charge in [-0.05, 0) is 35.7 Å². The molecule has 0 aliphatic rings. The molecule has 2 aromatic rings. The Kier molecular flexibility index (Phi) is 7.95. The van der Waals surface area contributed by atoms with Crippen molar-refractivity contribution in [2.24, 2.45) is 0 Å². The standard InChI is InChI=1S/C20H24ClN3O3/c1-3-15-8-10-17(11-9-15)23-20(26)27-13-12-24(2)19(25)22-14-16-6-4-5-7-18(16)21/h4-11H,3,12-14H2,1-2H3,(H,22,25)(H,23,26). The summed E-state index contributed by atoms with van der Waals surface area (Å²) >= 11 is 6.06. The summed E-state index contributed by atoms with van der Waals surface area (Å²) in [6, 6.07) is 14.6. The van der Waals surface area contributed by atoms with Gasteiger partial charge in [-0.3, -0.25) is 5.32 Å². The van der Waals surface area contributed by atoms with Gasteiger partial charge < -0.3 is 15.0 Å². The van der Waals surface area contributed by atoms with Gasteiger partial charge in [-0.15, -0.1) is 0 Å². The fourth-order valence-corrected chi connectivity index (χ4v) is 2.50. The topological polar surface area (TPSA) is 70.7 Å². The molecule has 0 heterocycles. The minimum atomic E-state index is -0.552. The molecule has 0 atom stereocenters. The van der Waals surface area contributed by atoms with E-state index in [1.165, 1.54) is 10.5 Å². The maximum Gasteiger partial charge on any atom is 0.411 e. The number of carbonyl (C=O) groups is 2. The summed E-state index contributed by atoms with van der Waals surface area (Å²) < 4.78 is 5.11. The average molecular weight is 390 g/mol. The molecule has 7 heteroatoms. The van der Waals surface area contributed by atoms with Crippen molar-refractivity contribution in [1.29, 1.82) is 0 Å². The predicted octanol–water partition coefficient (Wildman–Crippen LogP) is 4.29. The molecule has 0 fully saturated rings. The van der Waals surface area contributed by atoms with Crippen LogP contribution < -0.4 is 10.6 Å². The number of hydrogen-bond donors (Lipinski definition) is 2. The first-order chi connectivity index (χ1) is 13.0. The highest BCUT2D eigenvalue weighted by Gasteiger charge is 2.10. The van der Waals surface area contributed by atoms with Crippen molar-refractivity contribution in [2.75, 3.05) is 25.5 Å². The molecule has 6 nitrogen and oxygen atoms in total. The van der Waals surface area contributed by atoms with Gasteiger partial charge >= 0.3 is 12.1 Å². The molecule has 0 saturated heterocycles.